The lowest BCUT2D eigenvalue weighted by Gasteiger charge is -2.10. The summed E-state index contributed by atoms with van der Waals surface area (Å²) in [5.74, 6) is 0.756. The van der Waals surface area contributed by atoms with E-state index in [2.05, 4.69) is 10.4 Å². The Balaban J connectivity index is 2.16. The molecule has 2 aromatic rings. The Labute approximate surface area is 129 Å². The molecule has 0 fully saturated rings. The van der Waals surface area contributed by atoms with Crippen LogP contribution in [0.1, 0.15) is 17.0 Å². The highest BCUT2D eigenvalue weighted by molar-refractivity contribution is 6.33. The lowest BCUT2D eigenvalue weighted by Crippen LogP contribution is -2.07. The van der Waals surface area contributed by atoms with Gasteiger partial charge in [-0.15, -0.1) is 0 Å². The molecule has 0 aliphatic rings. The Bertz CT molecular complexity index is 626. The first-order valence-corrected chi connectivity index (χ1v) is 7.15. The van der Waals surface area contributed by atoms with Crippen molar-refractivity contribution in [3.05, 3.63) is 40.2 Å². The zero-order chi connectivity index (χ0) is 15.4. The third kappa shape index (κ3) is 3.49. The Kier molecular flexibility index (Phi) is 5.09. The minimum absolute atomic E-state index is 0.0799. The fraction of sp³-hybridized carbons (Fsp3) is 0.400. The van der Waals surface area contributed by atoms with Crippen LogP contribution in [0.25, 0.3) is 0 Å². The molecule has 114 valence electrons. The highest BCUT2D eigenvalue weighted by Gasteiger charge is 2.11. The number of nitrogens with zero attached hydrogens (tertiary/aromatic N) is 2. The van der Waals surface area contributed by atoms with Crippen LogP contribution < -0.4 is 10.1 Å². The van der Waals surface area contributed by atoms with Gasteiger partial charge in [-0.3, -0.25) is 4.68 Å². The SMILES string of the molecule is COc1ccc(Cl)c(NCc2c(C)nn(CCO)c2C)c1. The molecule has 0 spiro atoms. The van der Waals surface area contributed by atoms with Crippen molar-refractivity contribution in [2.45, 2.75) is 26.9 Å². The summed E-state index contributed by atoms with van der Waals surface area (Å²) >= 11 is 6.18. The molecule has 0 saturated carbocycles. The fourth-order valence-corrected chi connectivity index (χ4v) is 2.44. The fourth-order valence-electron chi connectivity index (χ4n) is 2.25. The van der Waals surface area contributed by atoms with Gasteiger partial charge >= 0.3 is 0 Å². The lowest BCUT2D eigenvalue weighted by atomic mass is 10.2. The molecule has 5 nitrogen and oxygen atoms in total. The van der Waals surface area contributed by atoms with Crippen LogP contribution in [0.4, 0.5) is 5.69 Å². The molecule has 0 aliphatic heterocycles. The quantitative estimate of drug-likeness (QED) is 0.861. The Morgan fingerprint density at radius 2 is 2.14 bits per heavy atom. The van der Waals surface area contributed by atoms with Crippen molar-refractivity contribution >= 4 is 17.3 Å². The van der Waals surface area contributed by atoms with Gasteiger partial charge in [0.1, 0.15) is 5.75 Å². The van der Waals surface area contributed by atoms with Crippen LogP contribution in [-0.4, -0.2) is 28.6 Å². The molecule has 21 heavy (non-hydrogen) atoms. The minimum Gasteiger partial charge on any atom is -0.497 e. The molecule has 0 radical (unpaired) electrons. The van der Waals surface area contributed by atoms with Gasteiger partial charge in [0.05, 0.1) is 36.7 Å². The summed E-state index contributed by atoms with van der Waals surface area (Å²) in [6, 6.07) is 5.49. The summed E-state index contributed by atoms with van der Waals surface area (Å²) in [5.41, 5.74) is 3.94. The second-order valence-corrected chi connectivity index (χ2v) is 5.20. The second kappa shape index (κ2) is 6.83. The van der Waals surface area contributed by atoms with E-state index in [9.17, 15) is 0 Å². The van der Waals surface area contributed by atoms with Gasteiger partial charge in [0.2, 0.25) is 0 Å². The van der Waals surface area contributed by atoms with Gasteiger partial charge in [0, 0.05) is 23.9 Å². The number of rotatable bonds is 6. The second-order valence-electron chi connectivity index (χ2n) is 4.80. The molecular formula is C15H20ClN3O2. The van der Waals surface area contributed by atoms with Crippen LogP contribution >= 0.6 is 11.6 Å². The first-order chi connectivity index (χ1) is 10.1. The summed E-state index contributed by atoms with van der Waals surface area (Å²) in [6.07, 6.45) is 0. The Morgan fingerprint density at radius 1 is 1.38 bits per heavy atom. The van der Waals surface area contributed by atoms with Gasteiger partial charge < -0.3 is 15.2 Å². The van der Waals surface area contributed by atoms with Crippen molar-refractivity contribution in [3.63, 3.8) is 0 Å². The topological polar surface area (TPSA) is 59.3 Å². The highest BCUT2D eigenvalue weighted by Crippen LogP contribution is 2.27. The van der Waals surface area contributed by atoms with Crippen molar-refractivity contribution in [2.75, 3.05) is 19.0 Å². The van der Waals surface area contributed by atoms with Crippen molar-refractivity contribution < 1.29 is 9.84 Å². The molecule has 0 unspecified atom stereocenters. The number of hydrogen-bond donors (Lipinski definition) is 2. The molecule has 0 amide bonds. The van der Waals surface area contributed by atoms with Crippen molar-refractivity contribution in [2.24, 2.45) is 0 Å². The van der Waals surface area contributed by atoms with E-state index in [4.69, 9.17) is 21.4 Å². The third-order valence-corrected chi connectivity index (χ3v) is 3.80. The summed E-state index contributed by atoms with van der Waals surface area (Å²) in [6.45, 7) is 5.17. The van der Waals surface area contributed by atoms with Gasteiger partial charge in [-0.05, 0) is 26.0 Å². The van der Waals surface area contributed by atoms with Gasteiger partial charge in [0.25, 0.3) is 0 Å². The number of aliphatic hydroxyl groups excluding tert-OH is 1. The molecule has 2 rings (SSSR count). The third-order valence-electron chi connectivity index (χ3n) is 3.47. The first kappa shape index (κ1) is 15.7. The predicted octanol–water partition coefficient (Wildman–Crippen LogP) is 2.77. The summed E-state index contributed by atoms with van der Waals surface area (Å²) in [4.78, 5) is 0. The predicted molar refractivity (Wildman–Crippen MR) is 84.1 cm³/mol. The molecule has 6 heteroatoms. The van der Waals surface area contributed by atoms with Crippen molar-refractivity contribution in [1.82, 2.24) is 9.78 Å². The maximum absolute atomic E-state index is 9.04. The van der Waals surface area contributed by atoms with Crippen LogP contribution in [0.3, 0.4) is 0 Å². The van der Waals surface area contributed by atoms with E-state index in [1.54, 1.807) is 13.2 Å². The largest absolute Gasteiger partial charge is 0.497 e. The molecular weight excluding hydrogens is 290 g/mol. The van der Waals surface area contributed by atoms with E-state index in [0.717, 1.165) is 28.4 Å². The zero-order valence-electron chi connectivity index (χ0n) is 12.5. The molecule has 1 aromatic carbocycles. The number of anilines is 1. The number of hydrogen-bond acceptors (Lipinski definition) is 4. The standard InChI is InChI=1S/C15H20ClN3O2/c1-10-13(11(2)19(18-10)6-7-20)9-17-15-8-12(21-3)4-5-14(15)16/h4-5,8,17,20H,6-7,9H2,1-3H3. The van der Waals surface area contributed by atoms with E-state index in [1.807, 2.05) is 30.7 Å². The molecule has 0 saturated heterocycles. The molecule has 1 heterocycles. The van der Waals surface area contributed by atoms with Crippen LogP contribution in [-0.2, 0) is 13.1 Å². The van der Waals surface area contributed by atoms with Crippen molar-refractivity contribution in [3.8, 4) is 5.75 Å². The number of ether oxygens (including phenoxy) is 1. The molecule has 0 aliphatic carbocycles. The number of aromatic nitrogens is 2. The van der Waals surface area contributed by atoms with Gasteiger partial charge in [-0.25, -0.2) is 0 Å². The van der Waals surface area contributed by atoms with Crippen LogP contribution in [0.5, 0.6) is 5.75 Å². The van der Waals surface area contributed by atoms with Crippen LogP contribution in [0.2, 0.25) is 5.02 Å². The average molecular weight is 310 g/mol. The molecule has 1 aromatic heterocycles. The first-order valence-electron chi connectivity index (χ1n) is 6.78. The van der Waals surface area contributed by atoms with Crippen molar-refractivity contribution in [1.29, 1.82) is 0 Å². The number of halogens is 1. The minimum atomic E-state index is 0.0799. The van der Waals surface area contributed by atoms with E-state index in [-0.39, 0.29) is 6.61 Å². The number of methoxy groups -OCH3 is 1. The lowest BCUT2D eigenvalue weighted by molar-refractivity contribution is 0.268. The molecule has 0 atom stereocenters. The van der Waals surface area contributed by atoms with Gasteiger partial charge in [-0.2, -0.15) is 5.10 Å². The summed E-state index contributed by atoms with van der Waals surface area (Å²) in [5, 5.41) is 17.4. The number of nitrogens with one attached hydrogen (secondary N) is 1. The summed E-state index contributed by atoms with van der Waals surface area (Å²) < 4.78 is 7.02. The number of aryl methyl sites for hydroxylation is 1. The van der Waals surface area contributed by atoms with E-state index in [1.165, 1.54) is 0 Å². The zero-order valence-corrected chi connectivity index (χ0v) is 13.2. The highest BCUT2D eigenvalue weighted by atomic mass is 35.5. The number of aliphatic hydroxyl groups is 1. The maximum atomic E-state index is 9.04. The van der Waals surface area contributed by atoms with Crippen LogP contribution in [0.15, 0.2) is 18.2 Å². The Morgan fingerprint density at radius 3 is 2.81 bits per heavy atom. The smallest absolute Gasteiger partial charge is 0.121 e. The van der Waals surface area contributed by atoms with E-state index < -0.39 is 0 Å². The molecule has 2 N–H and O–H groups in total. The van der Waals surface area contributed by atoms with E-state index >= 15 is 0 Å². The number of benzene rings is 1. The van der Waals surface area contributed by atoms with E-state index in [0.29, 0.717) is 18.1 Å². The average Bonchev–Trinajstić information content (AvgIpc) is 2.73. The monoisotopic (exact) mass is 309 g/mol. The maximum Gasteiger partial charge on any atom is 0.121 e. The summed E-state index contributed by atoms with van der Waals surface area (Å²) in [7, 11) is 1.63. The van der Waals surface area contributed by atoms with Gasteiger partial charge in [-0.1, -0.05) is 11.6 Å². The van der Waals surface area contributed by atoms with Crippen LogP contribution in [0, 0.1) is 13.8 Å². The van der Waals surface area contributed by atoms with Gasteiger partial charge in [0.15, 0.2) is 0 Å². The normalized spacial score (nSPS) is 10.7. The molecule has 0 bridgehead atoms. The Hall–Kier alpha value is -1.72.